The van der Waals surface area contributed by atoms with Gasteiger partial charge in [0.1, 0.15) is 5.82 Å². The molecule has 2 heterocycles. The first-order chi connectivity index (χ1) is 12.7. The first-order valence-corrected chi connectivity index (χ1v) is 9.08. The maximum Gasteiger partial charge on any atom is 0.128 e. The maximum atomic E-state index is 4.54. The molecule has 1 atom stereocenters. The lowest BCUT2D eigenvalue weighted by Gasteiger charge is -2.25. The Hall–Kier alpha value is -2.72. The van der Waals surface area contributed by atoms with Gasteiger partial charge in [-0.25, -0.2) is 4.98 Å². The Kier molecular flexibility index (Phi) is 6.34. The molecular weight excluding hydrogens is 320 g/mol. The van der Waals surface area contributed by atoms with Crippen LogP contribution in [0.3, 0.4) is 0 Å². The van der Waals surface area contributed by atoms with Gasteiger partial charge in [0, 0.05) is 44.3 Å². The summed E-state index contributed by atoms with van der Waals surface area (Å²) in [6, 6.07) is 19.0. The van der Waals surface area contributed by atoms with Crippen molar-refractivity contribution in [1.29, 1.82) is 0 Å². The number of benzene rings is 1. The summed E-state index contributed by atoms with van der Waals surface area (Å²) in [4.78, 5) is 11.0. The maximum absolute atomic E-state index is 4.54. The Bertz CT molecular complexity index is 790. The third kappa shape index (κ3) is 4.90. The van der Waals surface area contributed by atoms with Crippen LogP contribution in [0.1, 0.15) is 29.7 Å². The van der Waals surface area contributed by atoms with E-state index >= 15 is 0 Å². The molecule has 1 unspecified atom stereocenters. The first kappa shape index (κ1) is 18.1. The molecule has 26 heavy (non-hydrogen) atoms. The molecule has 0 aliphatic heterocycles. The number of pyridine rings is 2. The highest BCUT2D eigenvalue weighted by Gasteiger charge is 2.11. The Morgan fingerprint density at radius 2 is 1.81 bits per heavy atom. The summed E-state index contributed by atoms with van der Waals surface area (Å²) in [7, 11) is 0. The van der Waals surface area contributed by atoms with Crippen LogP contribution in [0.25, 0.3) is 0 Å². The number of hydrogen-bond acceptors (Lipinski definition) is 4. The van der Waals surface area contributed by atoms with Gasteiger partial charge in [0.05, 0.1) is 0 Å². The molecule has 0 saturated carbocycles. The van der Waals surface area contributed by atoms with Crippen LogP contribution in [-0.4, -0.2) is 23.1 Å². The van der Waals surface area contributed by atoms with Crippen LogP contribution in [0.15, 0.2) is 73.2 Å². The number of hydrogen-bond donors (Lipinski definition) is 1. The molecule has 0 aliphatic carbocycles. The van der Waals surface area contributed by atoms with Crippen LogP contribution in [0.4, 0.5) is 5.82 Å². The van der Waals surface area contributed by atoms with Crippen LogP contribution >= 0.6 is 0 Å². The second-order valence-corrected chi connectivity index (χ2v) is 6.50. The predicted molar refractivity (Wildman–Crippen MR) is 107 cm³/mol. The Morgan fingerprint density at radius 3 is 2.54 bits per heavy atom. The summed E-state index contributed by atoms with van der Waals surface area (Å²) in [5.74, 6) is 1.01. The lowest BCUT2D eigenvalue weighted by Crippen LogP contribution is -2.33. The summed E-state index contributed by atoms with van der Waals surface area (Å²) in [5, 5.41) is 3.63. The summed E-state index contributed by atoms with van der Waals surface area (Å²) < 4.78 is 0. The van der Waals surface area contributed by atoms with Crippen molar-refractivity contribution in [3.63, 3.8) is 0 Å². The summed E-state index contributed by atoms with van der Waals surface area (Å²) >= 11 is 0. The number of rotatable bonds is 8. The van der Waals surface area contributed by atoms with Crippen molar-refractivity contribution in [2.75, 3.05) is 18.0 Å². The van der Waals surface area contributed by atoms with E-state index in [0.29, 0.717) is 6.04 Å². The second kappa shape index (κ2) is 9.11. The molecule has 0 amide bonds. The van der Waals surface area contributed by atoms with E-state index in [1.54, 1.807) is 0 Å². The lowest BCUT2D eigenvalue weighted by molar-refractivity contribution is 0.564. The molecule has 0 bridgehead atoms. The number of nitrogens with zero attached hydrogens (tertiary/aromatic N) is 3. The minimum Gasteiger partial charge on any atom is -0.351 e. The molecule has 2 aromatic heterocycles. The van der Waals surface area contributed by atoms with E-state index in [0.717, 1.165) is 25.5 Å². The quantitative estimate of drug-likeness (QED) is 0.665. The number of aromatic nitrogens is 2. The molecule has 1 aromatic carbocycles. The van der Waals surface area contributed by atoms with Crippen LogP contribution in [0, 0.1) is 6.92 Å². The summed E-state index contributed by atoms with van der Waals surface area (Å²) in [5.41, 5.74) is 3.81. The summed E-state index contributed by atoms with van der Waals surface area (Å²) in [6.45, 7) is 6.93. The molecule has 1 N–H and O–H groups in total. The van der Waals surface area contributed by atoms with Gasteiger partial charge in [-0.2, -0.15) is 0 Å². The Labute approximate surface area is 155 Å². The largest absolute Gasteiger partial charge is 0.351 e. The van der Waals surface area contributed by atoms with Crippen molar-refractivity contribution in [2.45, 2.75) is 26.4 Å². The third-order valence-corrected chi connectivity index (χ3v) is 4.55. The van der Waals surface area contributed by atoms with Crippen molar-refractivity contribution < 1.29 is 0 Å². The summed E-state index contributed by atoms with van der Waals surface area (Å²) in [6.07, 6.45) is 5.63. The van der Waals surface area contributed by atoms with Gasteiger partial charge in [0.25, 0.3) is 0 Å². The van der Waals surface area contributed by atoms with Gasteiger partial charge in [-0.3, -0.25) is 4.98 Å². The van der Waals surface area contributed by atoms with Crippen molar-refractivity contribution in [3.8, 4) is 0 Å². The monoisotopic (exact) mass is 346 g/mol. The van der Waals surface area contributed by atoms with Gasteiger partial charge in [-0.05, 0) is 48.7 Å². The normalized spacial score (nSPS) is 11.9. The van der Waals surface area contributed by atoms with Crippen molar-refractivity contribution >= 4 is 5.82 Å². The van der Waals surface area contributed by atoms with Gasteiger partial charge < -0.3 is 10.2 Å². The van der Waals surface area contributed by atoms with Gasteiger partial charge in [-0.1, -0.05) is 36.4 Å². The number of nitrogens with one attached hydrogen (secondary N) is 1. The van der Waals surface area contributed by atoms with E-state index < -0.39 is 0 Å². The zero-order valence-electron chi connectivity index (χ0n) is 15.5. The van der Waals surface area contributed by atoms with E-state index in [1.807, 2.05) is 30.7 Å². The second-order valence-electron chi connectivity index (χ2n) is 6.50. The molecule has 0 aliphatic rings. The number of aryl methyl sites for hydroxylation is 1. The van der Waals surface area contributed by atoms with Crippen LogP contribution in [0.2, 0.25) is 0 Å². The Balaban J connectivity index is 1.63. The average molecular weight is 346 g/mol. The van der Waals surface area contributed by atoms with Gasteiger partial charge in [-0.15, -0.1) is 0 Å². The van der Waals surface area contributed by atoms with E-state index in [2.05, 4.69) is 76.5 Å². The fraction of sp³-hybridized carbons (Fsp3) is 0.273. The van der Waals surface area contributed by atoms with Crippen molar-refractivity contribution in [3.05, 3.63) is 89.9 Å². The SMILES string of the molecule is Cc1cnccc1C(C)NCCN(Cc1ccccc1)c1ccccn1. The zero-order valence-corrected chi connectivity index (χ0v) is 15.5. The first-order valence-electron chi connectivity index (χ1n) is 9.08. The fourth-order valence-electron chi connectivity index (χ4n) is 3.12. The van der Waals surface area contributed by atoms with Gasteiger partial charge in [0.2, 0.25) is 0 Å². The standard InChI is InChI=1S/C22H26N4/c1-18-16-23-13-11-21(18)19(2)24-14-15-26(22-10-6-7-12-25-22)17-20-8-4-3-5-9-20/h3-13,16,19,24H,14-15,17H2,1-2H3. The van der Waals surface area contributed by atoms with E-state index in [1.165, 1.54) is 16.7 Å². The highest BCUT2D eigenvalue weighted by molar-refractivity contribution is 5.39. The molecule has 3 rings (SSSR count). The molecule has 0 radical (unpaired) electrons. The lowest BCUT2D eigenvalue weighted by atomic mass is 10.1. The van der Waals surface area contributed by atoms with E-state index in [-0.39, 0.29) is 0 Å². The molecule has 4 heteroatoms. The molecular formula is C22H26N4. The van der Waals surface area contributed by atoms with Gasteiger partial charge >= 0.3 is 0 Å². The minimum absolute atomic E-state index is 0.292. The topological polar surface area (TPSA) is 41.1 Å². The molecule has 0 fully saturated rings. The van der Waals surface area contributed by atoms with Crippen molar-refractivity contribution in [1.82, 2.24) is 15.3 Å². The van der Waals surface area contributed by atoms with Gasteiger partial charge in [0.15, 0.2) is 0 Å². The fourth-order valence-corrected chi connectivity index (χ4v) is 3.12. The molecule has 134 valence electrons. The molecule has 0 spiro atoms. The van der Waals surface area contributed by atoms with Crippen molar-refractivity contribution in [2.24, 2.45) is 0 Å². The van der Waals surface area contributed by atoms with E-state index in [9.17, 15) is 0 Å². The molecule has 4 nitrogen and oxygen atoms in total. The number of anilines is 1. The van der Waals surface area contributed by atoms with Crippen LogP contribution < -0.4 is 10.2 Å². The highest BCUT2D eigenvalue weighted by atomic mass is 15.2. The van der Waals surface area contributed by atoms with Crippen LogP contribution in [0.5, 0.6) is 0 Å². The predicted octanol–water partition coefficient (Wildman–Crippen LogP) is 4.14. The molecule has 0 saturated heterocycles. The smallest absolute Gasteiger partial charge is 0.128 e. The minimum atomic E-state index is 0.292. The zero-order chi connectivity index (χ0) is 18.2. The highest BCUT2D eigenvalue weighted by Crippen LogP contribution is 2.16. The van der Waals surface area contributed by atoms with E-state index in [4.69, 9.17) is 0 Å². The third-order valence-electron chi connectivity index (χ3n) is 4.55. The average Bonchev–Trinajstić information content (AvgIpc) is 2.69. The van der Waals surface area contributed by atoms with Crippen LogP contribution in [-0.2, 0) is 6.54 Å². The molecule has 3 aromatic rings. The Morgan fingerprint density at radius 1 is 1.00 bits per heavy atom.